The fraction of sp³-hybridized carbons (Fsp3) is 0.143. The predicted octanol–water partition coefficient (Wildman–Crippen LogP) is 1.97. The predicted molar refractivity (Wildman–Crippen MR) is 80.3 cm³/mol. The van der Waals surface area contributed by atoms with Crippen LogP contribution >= 0.6 is 0 Å². The quantitative estimate of drug-likeness (QED) is 0.386. The van der Waals surface area contributed by atoms with Gasteiger partial charge in [-0.25, -0.2) is 0 Å². The topological polar surface area (TPSA) is 64.5 Å². The molecule has 0 bridgehead atoms. The van der Waals surface area contributed by atoms with Crippen LogP contribution < -0.4 is 10.6 Å². The van der Waals surface area contributed by atoms with E-state index in [9.17, 15) is 10.2 Å². The van der Waals surface area contributed by atoms with E-state index in [1.165, 1.54) is 0 Å². The molecule has 0 spiro atoms. The van der Waals surface area contributed by atoms with E-state index in [1.807, 2.05) is 24.3 Å². The first-order valence-corrected chi connectivity index (χ1v) is 5.81. The maximum absolute atomic E-state index is 9.55. The van der Waals surface area contributed by atoms with E-state index in [0.29, 0.717) is 24.5 Å². The molecule has 2 aromatic carbocycles. The molecule has 0 radical (unpaired) electrons. The molecule has 104 valence electrons. The summed E-state index contributed by atoms with van der Waals surface area (Å²) >= 11 is 0. The summed E-state index contributed by atoms with van der Waals surface area (Å²) in [5, 5.41) is 25.3. The third kappa shape index (κ3) is 5.65. The molecule has 0 amide bonds. The van der Waals surface area contributed by atoms with Gasteiger partial charge in [-0.1, -0.05) is 24.3 Å². The molecule has 0 unspecified atom stereocenters. The number of nitrogens with one attached hydrogen (secondary N) is 2. The van der Waals surface area contributed by atoms with Crippen LogP contribution in [0.25, 0.3) is 0 Å². The third-order valence-electron chi connectivity index (χ3n) is 2.56. The van der Waals surface area contributed by atoms with Gasteiger partial charge in [-0.2, -0.15) is 0 Å². The van der Waals surface area contributed by atoms with Crippen molar-refractivity contribution >= 4 is 40.9 Å². The maximum atomic E-state index is 9.55. The fourth-order valence-electron chi connectivity index (χ4n) is 1.64. The monoisotopic (exact) mass is 324 g/mol. The van der Waals surface area contributed by atoms with Crippen molar-refractivity contribution < 1.29 is 27.3 Å². The van der Waals surface area contributed by atoms with Crippen LogP contribution in [0.2, 0.25) is 0 Å². The molecule has 0 heterocycles. The van der Waals surface area contributed by atoms with Crippen LogP contribution in [0.3, 0.4) is 0 Å². The number of rotatable bonds is 5. The van der Waals surface area contributed by atoms with Crippen molar-refractivity contribution in [2.75, 3.05) is 23.7 Å². The number of para-hydroxylation sites is 4. The first-order valence-electron chi connectivity index (χ1n) is 5.81. The SMILES string of the molecule is Oc1ccccc1NCCNc1ccccc1O.[Fe].[NaH]. The second-order valence-electron chi connectivity index (χ2n) is 3.89. The summed E-state index contributed by atoms with van der Waals surface area (Å²) in [5.41, 5.74) is 1.41. The van der Waals surface area contributed by atoms with Crippen molar-refractivity contribution in [3.05, 3.63) is 48.5 Å². The number of phenols is 2. The molecule has 0 saturated carbocycles. The van der Waals surface area contributed by atoms with Crippen molar-refractivity contribution in [3.8, 4) is 11.5 Å². The average molecular weight is 324 g/mol. The summed E-state index contributed by atoms with van der Waals surface area (Å²) in [4.78, 5) is 0. The Morgan fingerprint density at radius 3 is 1.40 bits per heavy atom. The fourth-order valence-corrected chi connectivity index (χ4v) is 1.64. The van der Waals surface area contributed by atoms with Gasteiger partial charge in [0.25, 0.3) is 0 Å². The van der Waals surface area contributed by atoms with Crippen molar-refractivity contribution in [2.24, 2.45) is 0 Å². The summed E-state index contributed by atoms with van der Waals surface area (Å²) in [7, 11) is 0. The minimum absolute atomic E-state index is 0. The number of hydrogen-bond acceptors (Lipinski definition) is 4. The van der Waals surface area contributed by atoms with Crippen LogP contribution in [0.5, 0.6) is 11.5 Å². The summed E-state index contributed by atoms with van der Waals surface area (Å²) in [6.45, 7) is 1.29. The summed E-state index contributed by atoms with van der Waals surface area (Å²) in [6, 6.07) is 14.2. The zero-order valence-electron chi connectivity index (χ0n) is 10.3. The van der Waals surface area contributed by atoms with Crippen molar-refractivity contribution in [1.82, 2.24) is 0 Å². The van der Waals surface area contributed by atoms with Gasteiger partial charge < -0.3 is 20.8 Å². The second kappa shape index (κ2) is 9.97. The molecule has 0 atom stereocenters. The Morgan fingerprint density at radius 2 is 1.05 bits per heavy atom. The van der Waals surface area contributed by atoms with Crippen LogP contribution in [-0.2, 0) is 17.1 Å². The van der Waals surface area contributed by atoms with E-state index in [1.54, 1.807) is 24.3 Å². The summed E-state index contributed by atoms with van der Waals surface area (Å²) in [5.74, 6) is 0.472. The average Bonchev–Trinajstić information content (AvgIpc) is 2.38. The molecular formula is C14H17FeN2NaO2. The van der Waals surface area contributed by atoms with Gasteiger partial charge in [-0.15, -0.1) is 0 Å². The molecule has 0 saturated heterocycles. The van der Waals surface area contributed by atoms with Gasteiger partial charge in [-0.05, 0) is 24.3 Å². The van der Waals surface area contributed by atoms with Crippen LogP contribution in [0.15, 0.2) is 48.5 Å². The number of aromatic hydroxyl groups is 2. The second-order valence-corrected chi connectivity index (χ2v) is 3.89. The third-order valence-corrected chi connectivity index (χ3v) is 2.56. The van der Waals surface area contributed by atoms with Gasteiger partial charge in [0.05, 0.1) is 11.4 Å². The number of anilines is 2. The van der Waals surface area contributed by atoms with Gasteiger partial charge >= 0.3 is 29.6 Å². The molecule has 0 aliphatic rings. The van der Waals surface area contributed by atoms with E-state index in [-0.39, 0.29) is 58.1 Å². The van der Waals surface area contributed by atoms with E-state index in [4.69, 9.17) is 0 Å². The van der Waals surface area contributed by atoms with Gasteiger partial charge in [0.1, 0.15) is 11.5 Å². The van der Waals surface area contributed by atoms with Crippen LogP contribution in [0.4, 0.5) is 11.4 Å². The number of hydrogen-bond donors (Lipinski definition) is 4. The Balaban J connectivity index is 0.00000180. The Bertz CT molecular complexity index is 479. The van der Waals surface area contributed by atoms with E-state index >= 15 is 0 Å². The molecule has 2 aromatic rings. The van der Waals surface area contributed by atoms with E-state index < -0.39 is 0 Å². The molecular weight excluding hydrogens is 307 g/mol. The molecule has 0 aliphatic heterocycles. The number of benzene rings is 2. The Hall–Kier alpha value is -0.841. The molecule has 4 N–H and O–H groups in total. The summed E-state index contributed by atoms with van der Waals surface area (Å²) in [6.07, 6.45) is 0. The molecule has 0 aromatic heterocycles. The first kappa shape index (κ1) is 19.2. The zero-order chi connectivity index (χ0) is 12.8. The van der Waals surface area contributed by atoms with Gasteiger partial charge in [0, 0.05) is 30.2 Å². The van der Waals surface area contributed by atoms with Gasteiger partial charge in [-0.3, -0.25) is 0 Å². The first-order chi connectivity index (χ1) is 8.77. The standard InChI is InChI=1S/C14H16N2O2.Fe.Na.H/c17-13-7-3-1-5-11(13)15-9-10-16-12-6-2-4-8-14(12)18;;;/h1-8,15-18H,9-10H2;;;. The van der Waals surface area contributed by atoms with Crippen molar-refractivity contribution in [1.29, 1.82) is 0 Å². The van der Waals surface area contributed by atoms with Gasteiger partial charge in [0.2, 0.25) is 0 Å². The van der Waals surface area contributed by atoms with E-state index in [2.05, 4.69) is 10.6 Å². The molecule has 4 nitrogen and oxygen atoms in total. The van der Waals surface area contributed by atoms with Gasteiger partial charge in [0.15, 0.2) is 0 Å². The summed E-state index contributed by atoms with van der Waals surface area (Å²) < 4.78 is 0. The molecule has 20 heavy (non-hydrogen) atoms. The van der Waals surface area contributed by atoms with Crippen LogP contribution in [0, 0.1) is 0 Å². The van der Waals surface area contributed by atoms with E-state index in [0.717, 1.165) is 0 Å². The van der Waals surface area contributed by atoms with Crippen molar-refractivity contribution in [3.63, 3.8) is 0 Å². The normalized spacial score (nSPS) is 9.00. The Morgan fingerprint density at radius 1 is 0.700 bits per heavy atom. The molecule has 0 fully saturated rings. The number of phenolic OH excluding ortho intramolecular Hbond substituents is 2. The molecule has 2 rings (SSSR count). The van der Waals surface area contributed by atoms with Crippen LogP contribution in [0.1, 0.15) is 0 Å². The van der Waals surface area contributed by atoms with Crippen LogP contribution in [-0.4, -0.2) is 52.9 Å². The Labute approximate surface area is 151 Å². The minimum atomic E-state index is 0. The zero-order valence-corrected chi connectivity index (χ0v) is 11.4. The van der Waals surface area contributed by atoms with Crippen molar-refractivity contribution in [2.45, 2.75) is 0 Å². The molecule has 6 heteroatoms. The Kier molecular flexibility index (Phi) is 9.55. The molecule has 0 aliphatic carbocycles.